The van der Waals surface area contributed by atoms with Gasteiger partial charge in [-0.2, -0.15) is 0 Å². The lowest BCUT2D eigenvalue weighted by molar-refractivity contribution is -0.153. The lowest BCUT2D eigenvalue weighted by Gasteiger charge is -2.43. The number of aliphatic hydroxyl groups is 3. The van der Waals surface area contributed by atoms with Crippen molar-refractivity contribution >= 4 is 11.7 Å². The zero-order valence-corrected chi connectivity index (χ0v) is 12.7. The normalized spacial score (nSPS) is 42.0. The van der Waals surface area contributed by atoms with Crippen molar-refractivity contribution < 1.29 is 29.6 Å². The topological polar surface area (TPSA) is 116 Å². The van der Waals surface area contributed by atoms with Gasteiger partial charge in [0.15, 0.2) is 5.78 Å². The summed E-state index contributed by atoms with van der Waals surface area (Å²) in [6.07, 6.45) is -3.56. The molecule has 2 fully saturated rings. The van der Waals surface area contributed by atoms with Gasteiger partial charge in [-0.15, -0.1) is 0 Å². The van der Waals surface area contributed by atoms with Crippen molar-refractivity contribution in [2.45, 2.75) is 42.6 Å². The Balaban J connectivity index is 1.67. The molecule has 7 nitrogen and oxygen atoms in total. The predicted molar refractivity (Wildman–Crippen MR) is 79.8 cm³/mol. The van der Waals surface area contributed by atoms with Crippen LogP contribution in [0.3, 0.4) is 0 Å². The fourth-order valence-corrected chi connectivity index (χ4v) is 4.38. The average molecular weight is 331 g/mol. The van der Waals surface area contributed by atoms with Crippen LogP contribution >= 0.6 is 0 Å². The maximum absolute atomic E-state index is 12.4. The summed E-state index contributed by atoms with van der Waals surface area (Å²) in [6.45, 7) is 0.649. The molecular weight excluding hydrogens is 314 g/mol. The molecule has 0 bridgehead atoms. The van der Waals surface area contributed by atoms with E-state index in [-0.39, 0.29) is 0 Å². The molecule has 1 aromatic carbocycles. The first-order valence-corrected chi connectivity index (χ1v) is 8.17. The molecule has 5 rings (SSSR count). The molecule has 24 heavy (non-hydrogen) atoms. The standard InChI is InChI=1S/C17H17NO6/c19-13-11-8-2-7-6-1-5(6)4-24-10(7)3-9(8)17(23)18-12(11)14(20)16(22)15(13)21/h2-3,5-6,11-13,15-16,19,21-22H,1,4H2,(H,18,23)/t5?,6?,11-,12-,13-,15+,16+/m1/s1. The molecule has 2 aliphatic heterocycles. The first-order valence-electron chi connectivity index (χ1n) is 8.17. The minimum Gasteiger partial charge on any atom is -0.493 e. The fourth-order valence-electron chi connectivity index (χ4n) is 4.38. The number of ether oxygens (including phenoxy) is 1. The molecule has 4 aliphatic rings. The molecule has 2 saturated carbocycles. The highest BCUT2D eigenvalue weighted by Crippen LogP contribution is 2.55. The third-order valence-electron chi connectivity index (χ3n) is 5.85. The molecule has 126 valence electrons. The zero-order valence-electron chi connectivity index (χ0n) is 12.7. The molecule has 0 spiro atoms. The second-order valence-corrected chi connectivity index (χ2v) is 7.20. The quantitative estimate of drug-likeness (QED) is 0.487. The molecule has 2 heterocycles. The van der Waals surface area contributed by atoms with Crippen LogP contribution in [0, 0.1) is 5.92 Å². The third-order valence-corrected chi connectivity index (χ3v) is 5.85. The molecule has 7 atom stereocenters. The fraction of sp³-hybridized carbons (Fsp3) is 0.529. The van der Waals surface area contributed by atoms with E-state index in [0.717, 1.165) is 12.0 Å². The van der Waals surface area contributed by atoms with Crippen molar-refractivity contribution in [3.05, 3.63) is 28.8 Å². The van der Waals surface area contributed by atoms with Gasteiger partial charge in [-0.1, -0.05) is 6.07 Å². The van der Waals surface area contributed by atoms with E-state index >= 15 is 0 Å². The van der Waals surface area contributed by atoms with Crippen LogP contribution < -0.4 is 10.1 Å². The number of ketones is 1. The zero-order chi connectivity index (χ0) is 16.7. The smallest absolute Gasteiger partial charge is 0.252 e. The van der Waals surface area contributed by atoms with Crippen molar-refractivity contribution in [2.75, 3.05) is 6.61 Å². The van der Waals surface area contributed by atoms with E-state index in [9.17, 15) is 24.9 Å². The van der Waals surface area contributed by atoms with Crippen LogP contribution in [-0.4, -0.2) is 58.0 Å². The van der Waals surface area contributed by atoms with E-state index in [4.69, 9.17) is 4.74 Å². The van der Waals surface area contributed by atoms with Gasteiger partial charge < -0.3 is 25.4 Å². The molecule has 1 aromatic rings. The number of benzene rings is 1. The first-order chi connectivity index (χ1) is 11.5. The van der Waals surface area contributed by atoms with Crippen molar-refractivity contribution in [1.82, 2.24) is 5.32 Å². The molecule has 0 radical (unpaired) electrons. The summed E-state index contributed by atoms with van der Waals surface area (Å²) in [5.74, 6) is -0.301. The van der Waals surface area contributed by atoms with Crippen LogP contribution in [0.5, 0.6) is 5.75 Å². The largest absolute Gasteiger partial charge is 0.493 e. The average Bonchev–Trinajstić information content (AvgIpc) is 3.37. The number of rotatable bonds is 0. The van der Waals surface area contributed by atoms with E-state index in [2.05, 4.69) is 5.32 Å². The molecule has 2 aliphatic carbocycles. The predicted octanol–water partition coefficient (Wildman–Crippen LogP) is -0.956. The van der Waals surface area contributed by atoms with Gasteiger partial charge in [0.05, 0.1) is 12.7 Å². The van der Waals surface area contributed by atoms with Crippen molar-refractivity contribution in [3.63, 3.8) is 0 Å². The molecule has 7 heteroatoms. The van der Waals surface area contributed by atoms with Gasteiger partial charge in [-0.3, -0.25) is 9.59 Å². The van der Waals surface area contributed by atoms with Gasteiger partial charge in [0, 0.05) is 17.4 Å². The van der Waals surface area contributed by atoms with E-state index in [1.54, 1.807) is 6.07 Å². The van der Waals surface area contributed by atoms with Gasteiger partial charge in [-0.05, 0) is 29.5 Å². The number of Topliss-reactive ketones (excluding diaryl/α,β-unsaturated/α-hetero) is 1. The monoisotopic (exact) mass is 331 g/mol. The number of carbonyl (C=O) groups excluding carboxylic acids is 2. The van der Waals surface area contributed by atoms with E-state index in [0.29, 0.717) is 35.3 Å². The number of fused-ring (bicyclic) bond motifs is 6. The molecule has 0 saturated heterocycles. The van der Waals surface area contributed by atoms with Gasteiger partial charge >= 0.3 is 0 Å². The summed E-state index contributed by atoms with van der Waals surface area (Å²) in [7, 11) is 0. The molecule has 1 amide bonds. The molecule has 0 aromatic heterocycles. The minimum atomic E-state index is -1.70. The van der Waals surface area contributed by atoms with Crippen LogP contribution in [0.15, 0.2) is 12.1 Å². The number of hydrogen-bond donors (Lipinski definition) is 4. The van der Waals surface area contributed by atoms with Crippen LogP contribution in [0.1, 0.15) is 39.7 Å². The Kier molecular flexibility index (Phi) is 2.73. The summed E-state index contributed by atoms with van der Waals surface area (Å²) in [5, 5.41) is 32.8. The Hall–Kier alpha value is -1.96. The maximum Gasteiger partial charge on any atom is 0.252 e. The highest BCUT2D eigenvalue weighted by atomic mass is 16.5. The van der Waals surface area contributed by atoms with Gasteiger partial charge in [-0.25, -0.2) is 0 Å². The van der Waals surface area contributed by atoms with Crippen LogP contribution in [0.2, 0.25) is 0 Å². The van der Waals surface area contributed by atoms with Crippen molar-refractivity contribution in [1.29, 1.82) is 0 Å². The summed E-state index contributed by atoms with van der Waals surface area (Å²) >= 11 is 0. The van der Waals surface area contributed by atoms with Crippen molar-refractivity contribution in [3.8, 4) is 5.75 Å². The Morgan fingerprint density at radius 1 is 1.08 bits per heavy atom. The number of amides is 1. The molecule has 4 N–H and O–H groups in total. The number of hydrogen-bond acceptors (Lipinski definition) is 6. The minimum absolute atomic E-state index is 0.351. The Morgan fingerprint density at radius 2 is 1.88 bits per heavy atom. The second kappa shape index (κ2) is 4.56. The van der Waals surface area contributed by atoms with Gasteiger partial charge in [0.25, 0.3) is 5.91 Å². The van der Waals surface area contributed by atoms with E-state index in [1.165, 1.54) is 0 Å². The number of carbonyl (C=O) groups is 2. The second-order valence-electron chi connectivity index (χ2n) is 7.20. The first kappa shape index (κ1) is 14.4. The number of aliphatic hydroxyl groups excluding tert-OH is 3. The van der Waals surface area contributed by atoms with Crippen molar-refractivity contribution in [2.24, 2.45) is 5.92 Å². The Morgan fingerprint density at radius 3 is 2.67 bits per heavy atom. The SMILES string of the molecule is O=C1N[C@H]2C(=O)[C@H](O)[C@@H](O)[C@H](O)[C@@H]2c2cc3c(cc21)OCC1CC31. The number of nitrogens with one attached hydrogen (secondary N) is 1. The molecular formula is C17H17NO6. The molecule has 2 unspecified atom stereocenters. The van der Waals surface area contributed by atoms with E-state index < -0.39 is 42.0 Å². The van der Waals surface area contributed by atoms with Crippen LogP contribution in [0.25, 0.3) is 0 Å². The Bertz CT molecular complexity index is 777. The van der Waals surface area contributed by atoms with E-state index in [1.807, 2.05) is 6.07 Å². The summed E-state index contributed by atoms with van der Waals surface area (Å²) in [4.78, 5) is 24.7. The Labute approximate surface area is 137 Å². The van der Waals surface area contributed by atoms with Crippen LogP contribution in [-0.2, 0) is 4.79 Å². The summed E-state index contributed by atoms with van der Waals surface area (Å²) in [6, 6.07) is 2.47. The highest BCUT2D eigenvalue weighted by molar-refractivity contribution is 6.04. The van der Waals surface area contributed by atoms with Gasteiger partial charge in [0.1, 0.15) is 24.0 Å². The van der Waals surface area contributed by atoms with Gasteiger partial charge in [0.2, 0.25) is 0 Å². The summed E-state index contributed by atoms with van der Waals surface area (Å²) in [5.41, 5.74) is 1.90. The lowest BCUT2D eigenvalue weighted by atomic mass is 9.70. The summed E-state index contributed by atoms with van der Waals surface area (Å²) < 4.78 is 5.72. The maximum atomic E-state index is 12.4. The van der Waals surface area contributed by atoms with Crippen LogP contribution in [0.4, 0.5) is 0 Å². The lowest BCUT2D eigenvalue weighted by Crippen LogP contribution is -2.64. The third kappa shape index (κ3) is 1.72. The highest BCUT2D eigenvalue weighted by Gasteiger charge is 2.53.